The molecule has 2 fully saturated rings. The molecule has 0 aromatic carbocycles. The van der Waals surface area contributed by atoms with E-state index >= 15 is 0 Å². The van der Waals surface area contributed by atoms with E-state index in [1.807, 2.05) is 6.08 Å². The van der Waals surface area contributed by atoms with E-state index in [0.29, 0.717) is 6.42 Å². The van der Waals surface area contributed by atoms with Gasteiger partial charge in [-0.05, 0) is 19.8 Å². The van der Waals surface area contributed by atoms with Crippen molar-refractivity contribution in [1.29, 1.82) is 0 Å². The van der Waals surface area contributed by atoms with Crippen LogP contribution in [0.4, 0.5) is 0 Å². The van der Waals surface area contributed by atoms with E-state index in [2.05, 4.69) is 30.7 Å². The van der Waals surface area contributed by atoms with E-state index in [1.54, 1.807) is 0 Å². The van der Waals surface area contributed by atoms with Gasteiger partial charge in [-0.2, -0.15) is 0 Å². The van der Waals surface area contributed by atoms with Crippen molar-refractivity contribution in [3.63, 3.8) is 0 Å². The summed E-state index contributed by atoms with van der Waals surface area (Å²) in [5, 5.41) is 6.43. The predicted octanol–water partition coefficient (Wildman–Crippen LogP) is 1.13. The van der Waals surface area contributed by atoms with Crippen LogP contribution in [-0.2, 0) is 4.79 Å². The van der Waals surface area contributed by atoms with Crippen molar-refractivity contribution in [2.24, 2.45) is 0 Å². The quantitative estimate of drug-likeness (QED) is 0.677. The Morgan fingerprint density at radius 2 is 2.33 bits per heavy atom. The molecule has 3 heteroatoms. The number of nitrogens with one attached hydrogen (secondary N) is 2. The van der Waals surface area contributed by atoms with Crippen molar-refractivity contribution in [3.05, 3.63) is 24.8 Å². The summed E-state index contributed by atoms with van der Waals surface area (Å²) in [5.41, 5.74) is 1.08. The van der Waals surface area contributed by atoms with Crippen molar-refractivity contribution in [1.82, 2.24) is 10.6 Å². The largest absolute Gasteiger partial charge is 0.346 e. The molecule has 1 heterocycles. The number of amides is 1. The van der Waals surface area contributed by atoms with Gasteiger partial charge in [0.2, 0.25) is 5.91 Å². The average molecular weight is 206 g/mol. The van der Waals surface area contributed by atoms with Gasteiger partial charge in [-0.25, -0.2) is 0 Å². The highest BCUT2D eigenvalue weighted by atomic mass is 16.2. The predicted molar refractivity (Wildman–Crippen MR) is 60.5 cm³/mol. The van der Waals surface area contributed by atoms with E-state index < -0.39 is 0 Å². The fourth-order valence-corrected chi connectivity index (χ4v) is 2.02. The highest BCUT2D eigenvalue weighted by Crippen LogP contribution is 2.40. The van der Waals surface area contributed by atoms with Crippen molar-refractivity contribution in [3.8, 4) is 0 Å². The fraction of sp³-hybridized carbons (Fsp3) is 0.583. The lowest BCUT2D eigenvalue weighted by molar-refractivity contribution is -0.119. The summed E-state index contributed by atoms with van der Waals surface area (Å²) in [6.45, 7) is 10.7. The number of hydrogen-bond donors (Lipinski definition) is 2. The Morgan fingerprint density at radius 3 is 2.73 bits per heavy atom. The third kappa shape index (κ3) is 1.84. The van der Waals surface area contributed by atoms with Crippen LogP contribution in [-0.4, -0.2) is 23.5 Å². The zero-order valence-corrected chi connectivity index (χ0v) is 9.23. The molecular formula is C12H18N2O. The monoisotopic (exact) mass is 206 g/mol. The fourth-order valence-electron chi connectivity index (χ4n) is 2.02. The van der Waals surface area contributed by atoms with Gasteiger partial charge in [0.15, 0.2) is 0 Å². The molecule has 0 aromatic heterocycles. The van der Waals surface area contributed by atoms with Crippen LogP contribution in [0.15, 0.2) is 24.8 Å². The molecule has 15 heavy (non-hydrogen) atoms. The van der Waals surface area contributed by atoms with Crippen LogP contribution >= 0.6 is 0 Å². The normalized spacial score (nSPS) is 39.0. The summed E-state index contributed by atoms with van der Waals surface area (Å²) < 4.78 is 0. The first-order chi connectivity index (χ1) is 7.00. The van der Waals surface area contributed by atoms with Crippen molar-refractivity contribution in [2.45, 2.75) is 37.3 Å². The molecule has 2 unspecified atom stereocenters. The molecule has 1 aliphatic heterocycles. The van der Waals surface area contributed by atoms with Crippen molar-refractivity contribution < 1.29 is 4.79 Å². The van der Waals surface area contributed by atoms with E-state index in [0.717, 1.165) is 19.4 Å². The van der Waals surface area contributed by atoms with Crippen LogP contribution in [0.5, 0.6) is 0 Å². The third-order valence-corrected chi connectivity index (χ3v) is 3.59. The van der Waals surface area contributed by atoms with Crippen LogP contribution in [0.25, 0.3) is 0 Å². The Kier molecular flexibility index (Phi) is 2.23. The molecule has 1 saturated carbocycles. The maximum absolute atomic E-state index is 11.2. The van der Waals surface area contributed by atoms with Crippen molar-refractivity contribution in [2.75, 3.05) is 6.54 Å². The summed E-state index contributed by atoms with van der Waals surface area (Å²) in [6, 6.07) is 0. The molecule has 2 N–H and O–H groups in total. The number of rotatable bonds is 4. The standard InChI is InChI=1S/C12H18N2O/c1-4-12(6-5-10(15)14-12)8-13-11(3)7-9(11)2/h4,13H,1-2,5-8H2,3H3,(H,14,15). The molecule has 3 nitrogen and oxygen atoms in total. The second-order valence-electron chi connectivity index (χ2n) is 4.87. The molecule has 2 atom stereocenters. The lowest BCUT2D eigenvalue weighted by atomic mass is 9.97. The molecule has 1 amide bonds. The van der Waals surface area contributed by atoms with Gasteiger partial charge in [0.05, 0.1) is 5.54 Å². The molecule has 2 aliphatic rings. The highest BCUT2D eigenvalue weighted by Gasteiger charge is 2.44. The number of hydrogen-bond acceptors (Lipinski definition) is 2. The average Bonchev–Trinajstić information content (AvgIpc) is 2.63. The topological polar surface area (TPSA) is 41.1 Å². The summed E-state index contributed by atoms with van der Waals surface area (Å²) in [6.07, 6.45) is 4.32. The third-order valence-electron chi connectivity index (χ3n) is 3.59. The second kappa shape index (κ2) is 3.20. The van der Waals surface area contributed by atoms with Gasteiger partial charge in [-0.3, -0.25) is 4.79 Å². The molecule has 0 radical (unpaired) electrons. The molecule has 0 bridgehead atoms. The minimum absolute atomic E-state index is 0.0866. The van der Waals surface area contributed by atoms with E-state index in [-0.39, 0.29) is 17.0 Å². The minimum atomic E-state index is -0.247. The SMILES string of the molecule is C=CC1(CNC2(C)CC2=C)CCC(=O)N1. The summed E-state index contributed by atoms with van der Waals surface area (Å²) in [7, 11) is 0. The van der Waals surface area contributed by atoms with E-state index in [9.17, 15) is 4.79 Å². The lowest BCUT2D eigenvalue weighted by Crippen LogP contribution is -2.50. The zero-order chi connectivity index (χ0) is 11.1. The summed E-state index contributed by atoms with van der Waals surface area (Å²) >= 11 is 0. The van der Waals surface area contributed by atoms with Gasteiger partial charge in [0.1, 0.15) is 0 Å². The van der Waals surface area contributed by atoms with Crippen LogP contribution < -0.4 is 10.6 Å². The molecule has 0 spiro atoms. The van der Waals surface area contributed by atoms with Gasteiger partial charge in [0, 0.05) is 18.5 Å². The Balaban J connectivity index is 1.95. The molecule has 2 rings (SSSR count). The molecule has 1 saturated heterocycles. The van der Waals surface area contributed by atoms with Gasteiger partial charge in [-0.1, -0.05) is 18.2 Å². The maximum atomic E-state index is 11.2. The first kappa shape index (κ1) is 10.4. The van der Waals surface area contributed by atoms with Crippen LogP contribution in [0.2, 0.25) is 0 Å². The van der Waals surface area contributed by atoms with Crippen LogP contribution in [0, 0.1) is 0 Å². The lowest BCUT2D eigenvalue weighted by Gasteiger charge is -2.27. The highest BCUT2D eigenvalue weighted by molar-refractivity contribution is 5.80. The first-order valence-corrected chi connectivity index (χ1v) is 5.38. The van der Waals surface area contributed by atoms with E-state index in [4.69, 9.17) is 0 Å². The maximum Gasteiger partial charge on any atom is 0.220 e. The number of carbonyl (C=O) groups is 1. The Morgan fingerprint density at radius 1 is 1.67 bits per heavy atom. The minimum Gasteiger partial charge on any atom is -0.346 e. The van der Waals surface area contributed by atoms with Gasteiger partial charge >= 0.3 is 0 Å². The zero-order valence-electron chi connectivity index (χ0n) is 9.23. The van der Waals surface area contributed by atoms with Crippen LogP contribution in [0.3, 0.4) is 0 Å². The Hall–Kier alpha value is -1.09. The van der Waals surface area contributed by atoms with E-state index in [1.165, 1.54) is 5.57 Å². The Bertz CT molecular complexity index is 337. The second-order valence-corrected chi connectivity index (χ2v) is 4.87. The van der Waals surface area contributed by atoms with Crippen molar-refractivity contribution >= 4 is 5.91 Å². The summed E-state index contributed by atoms with van der Waals surface area (Å²) in [5.74, 6) is 0.122. The smallest absolute Gasteiger partial charge is 0.220 e. The van der Waals surface area contributed by atoms with Gasteiger partial charge < -0.3 is 10.6 Å². The molecule has 0 aromatic rings. The summed E-state index contributed by atoms with van der Waals surface area (Å²) in [4.78, 5) is 11.2. The van der Waals surface area contributed by atoms with Gasteiger partial charge in [-0.15, -0.1) is 6.58 Å². The first-order valence-electron chi connectivity index (χ1n) is 5.38. The number of carbonyl (C=O) groups excluding carboxylic acids is 1. The molecule has 82 valence electrons. The molecular weight excluding hydrogens is 188 g/mol. The van der Waals surface area contributed by atoms with Gasteiger partial charge in [0.25, 0.3) is 0 Å². The Labute approximate surface area is 90.6 Å². The van der Waals surface area contributed by atoms with Crippen LogP contribution in [0.1, 0.15) is 26.2 Å². The molecule has 1 aliphatic carbocycles.